The van der Waals surface area contributed by atoms with Crippen molar-refractivity contribution in [1.82, 2.24) is 9.36 Å². The monoisotopic (exact) mass is 396 g/mol. The van der Waals surface area contributed by atoms with E-state index in [1.807, 2.05) is 0 Å². The minimum atomic E-state index is -0.216. The van der Waals surface area contributed by atoms with Gasteiger partial charge in [-0.25, -0.2) is 9.37 Å². The molecule has 3 aromatic rings. The predicted octanol–water partition coefficient (Wildman–Crippen LogP) is 4.60. The Morgan fingerprint density at radius 2 is 1.89 bits per heavy atom. The van der Waals surface area contributed by atoms with E-state index in [0.29, 0.717) is 12.5 Å². The molecule has 28 heavy (non-hydrogen) atoms. The fourth-order valence-electron chi connectivity index (χ4n) is 3.85. The third kappa shape index (κ3) is 4.02. The molecule has 1 aliphatic heterocycles. The molecule has 1 unspecified atom stereocenters. The summed E-state index contributed by atoms with van der Waals surface area (Å²) in [6, 6.07) is 13.6. The van der Waals surface area contributed by atoms with Gasteiger partial charge in [0.05, 0.1) is 0 Å². The van der Waals surface area contributed by atoms with Gasteiger partial charge < -0.3 is 9.80 Å². The Hall–Kier alpha value is -2.47. The first-order valence-corrected chi connectivity index (χ1v) is 10.4. The van der Waals surface area contributed by atoms with Crippen molar-refractivity contribution in [1.29, 1.82) is 0 Å². The summed E-state index contributed by atoms with van der Waals surface area (Å²) in [6.45, 7) is 9.43. The van der Waals surface area contributed by atoms with Gasteiger partial charge in [-0.15, -0.1) is 0 Å². The summed E-state index contributed by atoms with van der Waals surface area (Å²) in [4.78, 5) is 9.56. The summed E-state index contributed by atoms with van der Waals surface area (Å²) in [5.74, 6) is 0.586. The molecule has 146 valence electrons. The van der Waals surface area contributed by atoms with Crippen molar-refractivity contribution in [3.63, 3.8) is 0 Å². The number of aromatic nitrogens is 2. The standard InChI is InChI=1S/C22H25FN4S/c1-15-4-9-20(16(2)12-15)27-11-10-26(14-17(27)3)22-24-21(25-28-22)13-18-5-7-19(23)8-6-18/h4-9,12,17H,10-11,13-14H2,1-3H3. The third-order valence-corrected chi connectivity index (χ3v) is 6.11. The van der Waals surface area contributed by atoms with Gasteiger partial charge in [0.25, 0.3) is 0 Å². The van der Waals surface area contributed by atoms with E-state index in [4.69, 9.17) is 4.98 Å². The molecule has 1 aliphatic rings. The van der Waals surface area contributed by atoms with Crippen molar-refractivity contribution in [3.8, 4) is 0 Å². The molecule has 0 bridgehead atoms. The molecule has 0 radical (unpaired) electrons. The molecule has 1 fully saturated rings. The molecule has 0 spiro atoms. The molecule has 4 rings (SSSR count). The highest BCUT2D eigenvalue weighted by Gasteiger charge is 2.26. The van der Waals surface area contributed by atoms with E-state index in [9.17, 15) is 4.39 Å². The number of hydrogen-bond donors (Lipinski definition) is 0. The fraction of sp³-hybridized carbons (Fsp3) is 0.364. The van der Waals surface area contributed by atoms with Gasteiger partial charge in [0.15, 0.2) is 0 Å². The second kappa shape index (κ2) is 7.87. The minimum absolute atomic E-state index is 0.216. The average Bonchev–Trinajstić information content (AvgIpc) is 3.13. The summed E-state index contributed by atoms with van der Waals surface area (Å²) < 4.78 is 17.6. The van der Waals surface area contributed by atoms with Crippen LogP contribution >= 0.6 is 11.5 Å². The Bertz CT molecular complexity index is 953. The van der Waals surface area contributed by atoms with Crippen LogP contribution in [0, 0.1) is 19.7 Å². The number of piperazine rings is 1. The minimum Gasteiger partial charge on any atom is -0.365 e. The van der Waals surface area contributed by atoms with Gasteiger partial charge in [-0.3, -0.25) is 0 Å². The van der Waals surface area contributed by atoms with Crippen molar-refractivity contribution in [2.24, 2.45) is 0 Å². The Morgan fingerprint density at radius 3 is 2.61 bits per heavy atom. The van der Waals surface area contributed by atoms with Crippen molar-refractivity contribution in [3.05, 3.63) is 70.8 Å². The molecule has 6 heteroatoms. The van der Waals surface area contributed by atoms with Crippen LogP contribution in [0.5, 0.6) is 0 Å². The first-order chi connectivity index (χ1) is 13.5. The highest BCUT2D eigenvalue weighted by molar-refractivity contribution is 7.09. The fourth-order valence-corrected chi connectivity index (χ4v) is 4.57. The van der Waals surface area contributed by atoms with E-state index in [1.165, 1.54) is 40.5 Å². The van der Waals surface area contributed by atoms with Crippen LogP contribution in [-0.2, 0) is 6.42 Å². The quantitative estimate of drug-likeness (QED) is 0.645. The van der Waals surface area contributed by atoms with Crippen molar-refractivity contribution >= 4 is 22.4 Å². The van der Waals surface area contributed by atoms with Crippen molar-refractivity contribution in [2.75, 3.05) is 29.4 Å². The average molecular weight is 397 g/mol. The van der Waals surface area contributed by atoms with Gasteiger partial charge in [0.1, 0.15) is 11.6 Å². The van der Waals surface area contributed by atoms with Gasteiger partial charge in [-0.1, -0.05) is 29.8 Å². The second-order valence-electron chi connectivity index (χ2n) is 7.57. The highest BCUT2D eigenvalue weighted by atomic mass is 32.1. The molecule has 2 heterocycles. The van der Waals surface area contributed by atoms with Crippen LogP contribution in [0.1, 0.15) is 29.4 Å². The number of nitrogens with zero attached hydrogens (tertiary/aromatic N) is 4. The van der Waals surface area contributed by atoms with E-state index in [-0.39, 0.29) is 5.82 Å². The Morgan fingerprint density at radius 1 is 1.11 bits per heavy atom. The van der Waals surface area contributed by atoms with Crippen LogP contribution in [0.3, 0.4) is 0 Å². The van der Waals surface area contributed by atoms with Gasteiger partial charge in [0, 0.05) is 49.3 Å². The van der Waals surface area contributed by atoms with Crippen molar-refractivity contribution < 1.29 is 4.39 Å². The molecule has 4 nitrogen and oxygen atoms in total. The Balaban J connectivity index is 1.43. The van der Waals surface area contributed by atoms with E-state index >= 15 is 0 Å². The Kier molecular flexibility index (Phi) is 5.31. The number of benzene rings is 2. The van der Waals surface area contributed by atoms with Gasteiger partial charge in [-0.2, -0.15) is 4.37 Å². The molecule has 0 saturated carbocycles. The highest BCUT2D eigenvalue weighted by Crippen LogP contribution is 2.28. The molecular formula is C22H25FN4S. The van der Waals surface area contributed by atoms with Crippen LogP contribution < -0.4 is 9.80 Å². The van der Waals surface area contributed by atoms with E-state index < -0.39 is 0 Å². The van der Waals surface area contributed by atoms with Crippen LogP contribution in [0.2, 0.25) is 0 Å². The molecule has 1 aromatic heterocycles. The zero-order valence-corrected chi connectivity index (χ0v) is 17.3. The van der Waals surface area contributed by atoms with Crippen molar-refractivity contribution in [2.45, 2.75) is 33.2 Å². The van der Waals surface area contributed by atoms with E-state index in [0.717, 1.165) is 36.2 Å². The largest absolute Gasteiger partial charge is 0.365 e. The van der Waals surface area contributed by atoms with Crippen LogP contribution in [0.4, 0.5) is 15.2 Å². The summed E-state index contributed by atoms with van der Waals surface area (Å²) in [7, 11) is 0. The zero-order chi connectivity index (χ0) is 19.7. The van der Waals surface area contributed by atoms with Crippen LogP contribution in [-0.4, -0.2) is 35.0 Å². The van der Waals surface area contributed by atoms with E-state index in [1.54, 1.807) is 12.1 Å². The molecule has 0 aliphatic carbocycles. The Labute approximate surface area is 169 Å². The lowest BCUT2D eigenvalue weighted by Gasteiger charge is -2.41. The van der Waals surface area contributed by atoms with Gasteiger partial charge in [0.2, 0.25) is 5.13 Å². The lowest BCUT2D eigenvalue weighted by molar-refractivity contribution is 0.549. The molecule has 0 amide bonds. The first kappa shape index (κ1) is 18.9. The van der Waals surface area contributed by atoms with Crippen LogP contribution in [0.25, 0.3) is 0 Å². The van der Waals surface area contributed by atoms with Gasteiger partial charge >= 0.3 is 0 Å². The maximum atomic E-state index is 13.1. The van der Waals surface area contributed by atoms with Gasteiger partial charge in [-0.05, 0) is 50.1 Å². The number of rotatable bonds is 4. The molecule has 1 atom stereocenters. The summed E-state index contributed by atoms with van der Waals surface area (Å²) in [5.41, 5.74) is 4.98. The molecule has 1 saturated heterocycles. The first-order valence-electron chi connectivity index (χ1n) is 9.65. The maximum Gasteiger partial charge on any atom is 0.205 e. The summed E-state index contributed by atoms with van der Waals surface area (Å²) in [6.07, 6.45) is 0.634. The predicted molar refractivity (Wildman–Crippen MR) is 114 cm³/mol. The zero-order valence-electron chi connectivity index (χ0n) is 16.5. The normalized spacial score (nSPS) is 17.2. The molecular weight excluding hydrogens is 371 g/mol. The molecule has 2 aromatic carbocycles. The van der Waals surface area contributed by atoms with E-state index in [2.05, 4.69) is 53.1 Å². The number of halogens is 1. The number of anilines is 2. The summed E-state index contributed by atoms with van der Waals surface area (Å²) in [5, 5.41) is 0.976. The second-order valence-corrected chi connectivity index (χ2v) is 8.31. The van der Waals surface area contributed by atoms with Crippen LogP contribution in [0.15, 0.2) is 42.5 Å². The lowest BCUT2D eigenvalue weighted by Crippen LogP contribution is -2.52. The number of hydrogen-bond acceptors (Lipinski definition) is 5. The number of aryl methyl sites for hydroxylation is 2. The third-order valence-electron chi connectivity index (χ3n) is 5.29. The SMILES string of the molecule is Cc1ccc(N2CCN(c3nc(Cc4ccc(F)cc4)ns3)CC2C)c(C)c1. The lowest BCUT2D eigenvalue weighted by atomic mass is 10.1. The molecule has 0 N–H and O–H groups in total. The topological polar surface area (TPSA) is 32.3 Å². The summed E-state index contributed by atoms with van der Waals surface area (Å²) >= 11 is 1.45. The maximum absolute atomic E-state index is 13.1. The smallest absolute Gasteiger partial charge is 0.205 e.